The predicted molar refractivity (Wildman–Crippen MR) is 80.6 cm³/mol. The van der Waals surface area contributed by atoms with Gasteiger partial charge in [-0.3, -0.25) is 0 Å². The second-order valence-electron chi connectivity index (χ2n) is 4.66. The van der Waals surface area contributed by atoms with Gasteiger partial charge in [0.15, 0.2) is 0 Å². The van der Waals surface area contributed by atoms with Gasteiger partial charge in [-0.25, -0.2) is 0 Å². The Balaban J connectivity index is 1.98. The Kier molecular flexibility index (Phi) is 2.20. The second kappa shape index (κ2) is 3.90. The van der Waals surface area contributed by atoms with Crippen LogP contribution >= 0.6 is 11.6 Å². The monoisotopic (exact) mass is 266 g/mol. The molecule has 0 aliphatic carbocycles. The Labute approximate surface area is 115 Å². The van der Waals surface area contributed by atoms with E-state index in [4.69, 9.17) is 11.6 Å². The topological polar surface area (TPSA) is 31.6 Å². The molecule has 2 aromatic carbocycles. The lowest BCUT2D eigenvalue weighted by Gasteiger charge is -1.96. The number of aromatic amines is 2. The molecule has 0 saturated heterocycles. The summed E-state index contributed by atoms with van der Waals surface area (Å²) < 4.78 is 0. The fraction of sp³-hybridized carbons (Fsp3) is 0. The minimum absolute atomic E-state index is 0.748. The maximum atomic E-state index is 6.01. The number of nitrogens with one attached hydrogen (secondary N) is 2. The van der Waals surface area contributed by atoms with Crippen molar-refractivity contribution >= 4 is 33.4 Å². The quantitative estimate of drug-likeness (QED) is 0.487. The molecule has 2 nitrogen and oxygen atoms in total. The molecule has 4 rings (SSSR count). The molecular formula is C16H11ClN2. The van der Waals surface area contributed by atoms with Gasteiger partial charge in [-0.1, -0.05) is 35.9 Å². The average Bonchev–Trinajstić information content (AvgIpc) is 3.00. The smallest absolute Gasteiger partial charge is 0.0486 e. The molecule has 0 atom stereocenters. The fourth-order valence-corrected chi connectivity index (χ4v) is 2.71. The molecule has 19 heavy (non-hydrogen) atoms. The van der Waals surface area contributed by atoms with Gasteiger partial charge in [0.25, 0.3) is 0 Å². The number of hydrogen-bond acceptors (Lipinski definition) is 0. The minimum Gasteiger partial charge on any atom is -0.360 e. The van der Waals surface area contributed by atoms with Crippen LogP contribution in [0.1, 0.15) is 0 Å². The first-order valence-electron chi connectivity index (χ1n) is 6.16. The number of rotatable bonds is 1. The van der Waals surface area contributed by atoms with E-state index in [0.29, 0.717) is 0 Å². The van der Waals surface area contributed by atoms with Gasteiger partial charge < -0.3 is 9.97 Å². The van der Waals surface area contributed by atoms with Crippen molar-refractivity contribution < 1.29 is 0 Å². The van der Waals surface area contributed by atoms with Gasteiger partial charge in [-0.05, 0) is 24.3 Å². The van der Waals surface area contributed by atoms with Crippen molar-refractivity contribution in [1.29, 1.82) is 0 Å². The fourth-order valence-electron chi connectivity index (χ4n) is 2.54. The normalized spacial score (nSPS) is 11.4. The number of H-pyrrole nitrogens is 2. The molecule has 0 fully saturated rings. The summed E-state index contributed by atoms with van der Waals surface area (Å²) in [4.78, 5) is 6.72. The van der Waals surface area contributed by atoms with E-state index in [9.17, 15) is 0 Å². The van der Waals surface area contributed by atoms with Crippen molar-refractivity contribution in [2.45, 2.75) is 0 Å². The summed E-state index contributed by atoms with van der Waals surface area (Å²) in [6, 6.07) is 16.4. The van der Waals surface area contributed by atoms with E-state index in [1.54, 1.807) is 0 Å². The van der Waals surface area contributed by atoms with Crippen molar-refractivity contribution in [1.82, 2.24) is 9.97 Å². The molecule has 4 aromatic rings. The van der Waals surface area contributed by atoms with Crippen LogP contribution in [-0.2, 0) is 0 Å². The number of para-hydroxylation sites is 1. The number of hydrogen-bond donors (Lipinski definition) is 2. The van der Waals surface area contributed by atoms with Crippen molar-refractivity contribution in [2.75, 3.05) is 0 Å². The van der Waals surface area contributed by atoms with E-state index in [0.717, 1.165) is 21.7 Å². The SMILES string of the molecule is Clc1ccc2c(-c3cc4ccccc4[nH]3)c[nH]c2c1. The highest BCUT2D eigenvalue weighted by Crippen LogP contribution is 2.31. The number of fused-ring (bicyclic) bond motifs is 2. The highest BCUT2D eigenvalue weighted by atomic mass is 35.5. The van der Waals surface area contributed by atoms with E-state index in [1.807, 2.05) is 24.4 Å². The van der Waals surface area contributed by atoms with Crippen LogP contribution in [0.25, 0.3) is 33.1 Å². The van der Waals surface area contributed by atoms with Crippen molar-refractivity contribution in [2.24, 2.45) is 0 Å². The van der Waals surface area contributed by atoms with E-state index < -0.39 is 0 Å². The van der Waals surface area contributed by atoms with Gasteiger partial charge in [0.1, 0.15) is 0 Å². The molecule has 0 radical (unpaired) electrons. The van der Waals surface area contributed by atoms with Crippen LogP contribution in [0, 0.1) is 0 Å². The first-order valence-corrected chi connectivity index (χ1v) is 6.54. The maximum Gasteiger partial charge on any atom is 0.0486 e. The molecule has 0 aliphatic heterocycles. The Morgan fingerprint density at radius 2 is 1.79 bits per heavy atom. The zero-order chi connectivity index (χ0) is 12.8. The Morgan fingerprint density at radius 3 is 2.68 bits per heavy atom. The van der Waals surface area contributed by atoms with Crippen LogP contribution in [0.15, 0.2) is 54.7 Å². The van der Waals surface area contributed by atoms with Crippen molar-refractivity contribution in [3.8, 4) is 11.3 Å². The molecule has 0 amide bonds. The third kappa shape index (κ3) is 1.65. The molecule has 92 valence electrons. The molecule has 2 heterocycles. The van der Waals surface area contributed by atoms with Crippen molar-refractivity contribution in [3.63, 3.8) is 0 Å². The molecule has 0 unspecified atom stereocenters. The zero-order valence-corrected chi connectivity index (χ0v) is 10.8. The zero-order valence-electron chi connectivity index (χ0n) is 10.1. The number of aromatic nitrogens is 2. The van der Waals surface area contributed by atoms with E-state index in [1.165, 1.54) is 16.3 Å². The summed E-state index contributed by atoms with van der Waals surface area (Å²) in [5.74, 6) is 0. The predicted octanol–water partition coefficient (Wildman–Crippen LogP) is 4.97. The third-order valence-electron chi connectivity index (χ3n) is 3.46. The van der Waals surface area contributed by atoms with Gasteiger partial charge in [0, 0.05) is 44.3 Å². The highest BCUT2D eigenvalue weighted by Gasteiger charge is 2.08. The summed E-state index contributed by atoms with van der Waals surface area (Å²) in [7, 11) is 0. The molecule has 0 saturated carbocycles. The lowest BCUT2D eigenvalue weighted by molar-refractivity contribution is 1.43. The van der Waals surface area contributed by atoms with Gasteiger partial charge in [-0.15, -0.1) is 0 Å². The molecule has 0 spiro atoms. The van der Waals surface area contributed by atoms with Crippen LogP contribution in [0.3, 0.4) is 0 Å². The molecule has 2 N–H and O–H groups in total. The Morgan fingerprint density at radius 1 is 0.895 bits per heavy atom. The third-order valence-corrected chi connectivity index (χ3v) is 3.70. The summed E-state index contributed by atoms with van der Waals surface area (Å²) in [6.45, 7) is 0. The summed E-state index contributed by atoms with van der Waals surface area (Å²) in [5, 5.41) is 3.15. The van der Waals surface area contributed by atoms with Gasteiger partial charge in [0.2, 0.25) is 0 Å². The van der Waals surface area contributed by atoms with E-state index in [2.05, 4.69) is 40.3 Å². The van der Waals surface area contributed by atoms with Gasteiger partial charge in [0.05, 0.1) is 0 Å². The summed E-state index contributed by atoms with van der Waals surface area (Å²) >= 11 is 6.01. The van der Waals surface area contributed by atoms with Crippen LogP contribution in [0.5, 0.6) is 0 Å². The lowest BCUT2D eigenvalue weighted by atomic mass is 10.1. The van der Waals surface area contributed by atoms with E-state index in [-0.39, 0.29) is 0 Å². The standard InChI is InChI=1S/C16H11ClN2/c17-11-5-6-12-13(9-18-15(12)8-11)16-7-10-3-1-2-4-14(10)19-16/h1-9,18-19H. The minimum atomic E-state index is 0.748. The molecule has 0 bridgehead atoms. The Bertz CT molecular complexity index is 853. The molecule has 0 aliphatic rings. The lowest BCUT2D eigenvalue weighted by Crippen LogP contribution is -1.74. The largest absolute Gasteiger partial charge is 0.360 e. The van der Waals surface area contributed by atoms with Gasteiger partial charge in [-0.2, -0.15) is 0 Å². The molecule has 2 aromatic heterocycles. The summed E-state index contributed by atoms with van der Waals surface area (Å²) in [5.41, 5.74) is 4.50. The van der Waals surface area contributed by atoms with Crippen LogP contribution < -0.4 is 0 Å². The van der Waals surface area contributed by atoms with Crippen LogP contribution in [0.4, 0.5) is 0 Å². The second-order valence-corrected chi connectivity index (χ2v) is 5.10. The highest BCUT2D eigenvalue weighted by molar-refractivity contribution is 6.31. The first kappa shape index (κ1) is 10.7. The maximum absolute atomic E-state index is 6.01. The Hall–Kier alpha value is -2.19. The van der Waals surface area contributed by atoms with Gasteiger partial charge >= 0.3 is 0 Å². The summed E-state index contributed by atoms with van der Waals surface area (Å²) in [6.07, 6.45) is 2.02. The average molecular weight is 267 g/mol. The number of benzene rings is 2. The van der Waals surface area contributed by atoms with Crippen LogP contribution in [-0.4, -0.2) is 9.97 Å². The number of halogens is 1. The van der Waals surface area contributed by atoms with E-state index >= 15 is 0 Å². The van der Waals surface area contributed by atoms with Crippen LogP contribution in [0.2, 0.25) is 5.02 Å². The molecule has 3 heteroatoms. The van der Waals surface area contributed by atoms with Crippen molar-refractivity contribution in [3.05, 3.63) is 59.8 Å². The first-order chi connectivity index (χ1) is 9.31. The molecular weight excluding hydrogens is 256 g/mol.